The zero-order chi connectivity index (χ0) is 17.3. The van der Waals surface area contributed by atoms with Crippen LogP contribution in [0.1, 0.15) is 59.3 Å². The number of epoxide rings is 1. The van der Waals surface area contributed by atoms with Crippen LogP contribution in [0.25, 0.3) is 0 Å². The van der Waals surface area contributed by atoms with E-state index in [0.717, 1.165) is 49.7 Å². The van der Waals surface area contributed by atoms with Crippen molar-refractivity contribution < 1.29 is 19.4 Å². The minimum Gasteiger partial charge on any atom is -0.450 e. The fourth-order valence-corrected chi connectivity index (χ4v) is 3.79. The second kappa shape index (κ2) is 6.85. The summed E-state index contributed by atoms with van der Waals surface area (Å²) in [5, 5.41) is 9.69. The third-order valence-corrected chi connectivity index (χ3v) is 5.63. The van der Waals surface area contributed by atoms with E-state index in [1.54, 1.807) is 0 Å². The molecule has 2 aliphatic heterocycles. The van der Waals surface area contributed by atoms with E-state index in [2.05, 4.69) is 26.0 Å². The minimum atomic E-state index is -0.331. The van der Waals surface area contributed by atoms with Gasteiger partial charge in [-0.1, -0.05) is 17.2 Å². The predicted molar refractivity (Wildman–Crippen MR) is 92.5 cm³/mol. The number of carbonyl (C=O) groups excluding carboxylic acids is 1. The Bertz CT molecular complexity index is 613. The molecule has 1 aliphatic carbocycles. The first-order valence-electron chi connectivity index (χ1n) is 8.97. The van der Waals surface area contributed by atoms with Crippen LogP contribution in [0.2, 0.25) is 0 Å². The Morgan fingerprint density at radius 1 is 1.21 bits per heavy atom. The van der Waals surface area contributed by atoms with Crippen molar-refractivity contribution in [1.82, 2.24) is 0 Å². The van der Waals surface area contributed by atoms with Gasteiger partial charge in [0.1, 0.15) is 11.7 Å². The highest BCUT2D eigenvalue weighted by Crippen LogP contribution is 2.44. The SMILES string of the molecule is CC1=C2CC/C(C)=C/CC[C@@]3(CO)O[C@@H]3CC/C(C)=C/[C@@H]2OC1=O. The fraction of sp³-hybridized carbons (Fsp3) is 0.650. The minimum absolute atomic E-state index is 0.0969. The molecule has 24 heavy (non-hydrogen) atoms. The number of esters is 1. The second-order valence-electron chi connectivity index (χ2n) is 7.45. The van der Waals surface area contributed by atoms with Crippen LogP contribution in [0.5, 0.6) is 0 Å². The summed E-state index contributed by atoms with van der Waals surface area (Å²) in [6.07, 6.45) is 9.66. The highest BCUT2D eigenvalue weighted by atomic mass is 16.6. The van der Waals surface area contributed by atoms with Crippen molar-refractivity contribution in [2.24, 2.45) is 0 Å². The van der Waals surface area contributed by atoms with Crippen LogP contribution in [-0.2, 0) is 14.3 Å². The van der Waals surface area contributed by atoms with Gasteiger partial charge in [-0.05, 0) is 70.9 Å². The van der Waals surface area contributed by atoms with Crippen molar-refractivity contribution in [3.63, 3.8) is 0 Å². The van der Waals surface area contributed by atoms with Crippen molar-refractivity contribution in [3.05, 3.63) is 34.4 Å². The Hall–Kier alpha value is -1.39. The number of aliphatic hydroxyl groups is 1. The van der Waals surface area contributed by atoms with Gasteiger partial charge in [0, 0.05) is 5.57 Å². The number of hydrogen-bond donors (Lipinski definition) is 1. The van der Waals surface area contributed by atoms with Gasteiger partial charge in [0.15, 0.2) is 0 Å². The molecular weight excluding hydrogens is 304 g/mol. The number of allylic oxidation sites excluding steroid dienone is 3. The van der Waals surface area contributed by atoms with E-state index in [-0.39, 0.29) is 30.4 Å². The monoisotopic (exact) mass is 332 g/mol. The van der Waals surface area contributed by atoms with Gasteiger partial charge in [-0.25, -0.2) is 4.79 Å². The third kappa shape index (κ3) is 3.50. The zero-order valence-corrected chi connectivity index (χ0v) is 14.9. The maximum atomic E-state index is 11.9. The predicted octanol–water partition coefficient (Wildman–Crippen LogP) is 3.61. The van der Waals surface area contributed by atoms with Crippen LogP contribution in [0, 0.1) is 0 Å². The Labute approximate surface area is 144 Å². The van der Waals surface area contributed by atoms with Crippen molar-refractivity contribution in [2.75, 3.05) is 6.61 Å². The molecule has 3 atom stereocenters. The molecule has 0 aromatic heterocycles. The Morgan fingerprint density at radius 2 is 2.00 bits per heavy atom. The zero-order valence-electron chi connectivity index (χ0n) is 14.9. The molecule has 1 fully saturated rings. The van der Waals surface area contributed by atoms with Crippen LogP contribution < -0.4 is 0 Å². The maximum absolute atomic E-state index is 11.9. The van der Waals surface area contributed by atoms with E-state index in [1.165, 1.54) is 11.1 Å². The summed E-state index contributed by atoms with van der Waals surface area (Å²) >= 11 is 0. The van der Waals surface area contributed by atoms with Gasteiger partial charge in [0.05, 0.1) is 12.7 Å². The first-order chi connectivity index (χ1) is 11.4. The Kier molecular flexibility index (Phi) is 4.97. The van der Waals surface area contributed by atoms with E-state index in [0.29, 0.717) is 0 Å². The van der Waals surface area contributed by atoms with Crippen molar-refractivity contribution in [1.29, 1.82) is 0 Å². The van der Waals surface area contributed by atoms with Gasteiger partial charge in [-0.15, -0.1) is 0 Å². The van der Waals surface area contributed by atoms with Crippen molar-refractivity contribution in [2.45, 2.75) is 77.1 Å². The van der Waals surface area contributed by atoms with E-state index >= 15 is 0 Å². The first kappa shape index (κ1) is 17.4. The summed E-state index contributed by atoms with van der Waals surface area (Å²) in [4.78, 5) is 11.9. The van der Waals surface area contributed by atoms with Crippen LogP contribution >= 0.6 is 0 Å². The van der Waals surface area contributed by atoms with E-state index in [1.807, 2.05) is 6.92 Å². The lowest BCUT2D eigenvalue weighted by Gasteiger charge is -2.14. The summed E-state index contributed by atoms with van der Waals surface area (Å²) in [5.41, 5.74) is 4.09. The number of hydrogen-bond acceptors (Lipinski definition) is 4. The van der Waals surface area contributed by atoms with Gasteiger partial charge in [0.2, 0.25) is 0 Å². The molecule has 4 nitrogen and oxygen atoms in total. The van der Waals surface area contributed by atoms with Crippen LogP contribution in [0.3, 0.4) is 0 Å². The smallest absolute Gasteiger partial charge is 0.334 e. The molecule has 0 aromatic carbocycles. The van der Waals surface area contributed by atoms with E-state index in [4.69, 9.17) is 9.47 Å². The lowest BCUT2D eigenvalue weighted by Crippen LogP contribution is -2.20. The van der Waals surface area contributed by atoms with E-state index in [9.17, 15) is 9.90 Å². The molecule has 0 amide bonds. The summed E-state index contributed by atoms with van der Waals surface area (Å²) in [6.45, 7) is 6.18. The molecule has 1 saturated heterocycles. The number of rotatable bonds is 1. The number of carbonyl (C=O) groups is 1. The molecule has 3 rings (SSSR count). The molecule has 132 valence electrons. The molecule has 1 N–H and O–H groups in total. The van der Waals surface area contributed by atoms with Gasteiger partial charge >= 0.3 is 5.97 Å². The molecule has 2 heterocycles. The van der Waals surface area contributed by atoms with Crippen LogP contribution in [0.15, 0.2) is 34.4 Å². The van der Waals surface area contributed by atoms with Gasteiger partial charge in [0.25, 0.3) is 0 Å². The normalized spacial score (nSPS) is 38.9. The molecular formula is C20H28O4. The lowest BCUT2D eigenvalue weighted by atomic mass is 9.92. The fourth-order valence-electron chi connectivity index (χ4n) is 3.79. The largest absolute Gasteiger partial charge is 0.450 e. The highest BCUT2D eigenvalue weighted by Gasteiger charge is 2.54. The lowest BCUT2D eigenvalue weighted by molar-refractivity contribution is -0.138. The number of aliphatic hydroxyl groups excluding tert-OH is 1. The summed E-state index contributed by atoms with van der Waals surface area (Å²) in [5.74, 6) is -0.185. The summed E-state index contributed by atoms with van der Waals surface area (Å²) in [6, 6.07) is 0. The second-order valence-corrected chi connectivity index (χ2v) is 7.45. The molecule has 0 unspecified atom stereocenters. The van der Waals surface area contributed by atoms with Crippen LogP contribution in [-0.4, -0.2) is 35.5 Å². The molecule has 0 bridgehead atoms. The summed E-state index contributed by atoms with van der Waals surface area (Å²) < 4.78 is 11.4. The quantitative estimate of drug-likeness (QED) is 0.453. The molecule has 0 radical (unpaired) electrons. The standard InChI is InChI=1S/C20H28O4/c1-13-5-4-10-20(12-21)18(24-20)9-7-14(2)11-17-16(8-6-13)15(3)19(22)23-17/h5,11,17-18,21H,4,6-10,12H2,1-3H3/b13-5+,14-11+/t17-,18+,20-/m0/s1. The average molecular weight is 332 g/mol. The van der Waals surface area contributed by atoms with Gasteiger partial charge in [-0.3, -0.25) is 0 Å². The molecule has 0 aromatic rings. The third-order valence-electron chi connectivity index (χ3n) is 5.63. The maximum Gasteiger partial charge on any atom is 0.334 e. The Morgan fingerprint density at radius 3 is 2.75 bits per heavy atom. The van der Waals surface area contributed by atoms with Crippen molar-refractivity contribution >= 4 is 5.97 Å². The van der Waals surface area contributed by atoms with Crippen LogP contribution in [0.4, 0.5) is 0 Å². The van der Waals surface area contributed by atoms with E-state index < -0.39 is 0 Å². The molecule has 4 heteroatoms. The van der Waals surface area contributed by atoms with Gasteiger partial charge in [-0.2, -0.15) is 0 Å². The summed E-state index contributed by atoms with van der Waals surface area (Å²) in [7, 11) is 0. The number of fused-ring (bicyclic) bond motifs is 2. The average Bonchev–Trinajstić information content (AvgIpc) is 3.18. The first-order valence-corrected chi connectivity index (χ1v) is 8.97. The highest BCUT2D eigenvalue weighted by molar-refractivity contribution is 5.92. The molecule has 0 spiro atoms. The topological polar surface area (TPSA) is 59.1 Å². The van der Waals surface area contributed by atoms with Crippen molar-refractivity contribution in [3.8, 4) is 0 Å². The number of ether oxygens (including phenoxy) is 2. The molecule has 3 aliphatic rings. The van der Waals surface area contributed by atoms with Gasteiger partial charge < -0.3 is 14.6 Å². The molecule has 0 saturated carbocycles. The Balaban J connectivity index is 1.80.